The van der Waals surface area contributed by atoms with Crippen LogP contribution in [0, 0.1) is 17.9 Å². The summed E-state index contributed by atoms with van der Waals surface area (Å²) in [5.41, 5.74) is 15.8. The van der Waals surface area contributed by atoms with Crippen LogP contribution in [0.3, 0.4) is 0 Å². The van der Waals surface area contributed by atoms with E-state index < -0.39 is 0 Å². The van der Waals surface area contributed by atoms with Crippen molar-refractivity contribution >= 4 is 49.3 Å². The zero-order chi connectivity index (χ0) is 48.1. The van der Waals surface area contributed by atoms with Crippen LogP contribution in [0.4, 0.5) is 5.69 Å². The Morgan fingerprint density at radius 3 is 1.40 bits per heavy atom. The molecule has 0 unspecified atom stereocenters. The molecule has 0 aliphatic heterocycles. The van der Waals surface area contributed by atoms with Gasteiger partial charge in [-0.15, -0.1) is 0 Å². The van der Waals surface area contributed by atoms with Crippen LogP contribution in [-0.4, -0.2) is 24.1 Å². The number of para-hydroxylation sites is 4. The van der Waals surface area contributed by atoms with Crippen LogP contribution in [0.1, 0.15) is 5.56 Å². The number of fused-ring (bicyclic) bond motifs is 6. The molecule has 0 N–H and O–H groups in total. The Balaban J connectivity index is 1.08. The van der Waals surface area contributed by atoms with Crippen molar-refractivity contribution in [1.82, 2.24) is 24.1 Å². The maximum absolute atomic E-state index is 10.1. The lowest BCUT2D eigenvalue weighted by molar-refractivity contribution is 1.07. The van der Waals surface area contributed by atoms with Gasteiger partial charge in [0, 0.05) is 49.4 Å². The first-order valence-corrected chi connectivity index (χ1v) is 23.8. The molecule has 0 radical (unpaired) electrons. The fourth-order valence-corrected chi connectivity index (χ4v) is 10.4. The molecule has 0 atom stereocenters. The van der Waals surface area contributed by atoms with Gasteiger partial charge in [0.1, 0.15) is 0 Å². The highest BCUT2D eigenvalue weighted by atomic mass is 15.0. The van der Waals surface area contributed by atoms with Gasteiger partial charge in [-0.25, -0.2) is 19.8 Å². The van der Waals surface area contributed by atoms with E-state index in [1.807, 2.05) is 109 Å². The van der Waals surface area contributed by atoms with E-state index in [0.29, 0.717) is 28.7 Å². The number of nitriles is 1. The van der Waals surface area contributed by atoms with E-state index in [-0.39, 0.29) is 0 Å². The summed E-state index contributed by atoms with van der Waals surface area (Å²) in [6.07, 6.45) is 0. The molecule has 72 heavy (non-hydrogen) atoms. The van der Waals surface area contributed by atoms with E-state index >= 15 is 0 Å². The van der Waals surface area contributed by atoms with Gasteiger partial charge in [0.2, 0.25) is 0 Å². The largest absolute Gasteiger partial charge is 0.309 e. The van der Waals surface area contributed by atoms with E-state index in [4.69, 9.17) is 21.5 Å². The summed E-state index contributed by atoms with van der Waals surface area (Å²) in [5, 5.41) is 14.5. The summed E-state index contributed by atoms with van der Waals surface area (Å²) in [4.78, 5) is 19.3. The fraction of sp³-hybridized carbons (Fsp3) is 0. The molecule has 3 heterocycles. The van der Waals surface area contributed by atoms with Crippen LogP contribution in [-0.2, 0) is 0 Å². The van der Waals surface area contributed by atoms with Crippen molar-refractivity contribution in [2.75, 3.05) is 0 Å². The maximum atomic E-state index is 10.1. The van der Waals surface area contributed by atoms with Crippen molar-refractivity contribution in [2.24, 2.45) is 0 Å². The number of nitrogens with zero attached hydrogens (tertiary/aromatic N) is 7. The lowest BCUT2D eigenvalue weighted by atomic mass is 9.98. The molecule has 13 rings (SSSR count). The highest BCUT2D eigenvalue weighted by molar-refractivity contribution is 6.13. The molecule has 13 aromatic rings. The Morgan fingerprint density at radius 1 is 0.347 bits per heavy atom. The molecule has 334 valence electrons. The Morgan fingerprint density at radius 2 is 0.792 bits per heavy atom. The number of aromatic nitrogens is 5. The summed E-state index contributed by atoms with van der Waals surface area (Å²) >= 11 is 0. The van der Waals surface area contributed by atoms with Crippen molar-refractivity contribution in [1.29, 1.82) is 5.26 Å². The lowest BCUT2D eigenvalue weighted by Crippen LogP contribution is -2.03. The SMILES string of the molecule is [C-]#[N+]c1ccccc1-c1ccc2c(c1)c1ccccc1n2-c1ccccc1-c1ccc(-c2nc(-c3ccccc3)nc(-c3ccccc3)n2)cc1-n1c2ccccc2c2cc(-c3ccccc3C#N)ccc21. The predicted molar refractivity (Wildman–Crippen MR) is 292 cm³/mol. The molecular weight excluding hydrogens is 879 g/mol. The number of benzene rings is 10. The number of rotatable bonds is 8. The van der Waals surface area contributed by atoms with Crippen molar-refractivity contribution < 1.29 is 0 Å². The highest BCUT2D eigenvalue weighted by Gasteiger charge is 2.23. The molecule has 3 aromatic heterocycles. The van der Waals surface area contributed by atoms with E-state index in [0.717, 1.165) is 105 Å². The third-order valence-electron chi connectivity index (χ3n) is 13.7. The van der Waals surface area contributed by atoms with E-state index in [2.05, 4.69) is 147 Å². The van der Waals surface area contributed by atoms with E-state index in [9.17, 15) is 5.26 Å². The zero-order valence-electron chi connectivity index (χ0n) is 38.6. The number of hydrogen-bond acceptors (Lipinski definition) is 4. The molecule has 7 nitrogen and oxygen atoms in total. The molecule has 0 fully saturated rings. The van der Waals surface area contributed by atoms with Crippen LogP contribution in [0.15, 0.2) is 237 Å². The first kappa shape index (κ1) is 41.9. The first-order chi connectivity index (χ1) is 35.6. The topological polar surface area (TPSA) is 76.7 Å². The molecule has 0 saturated carbocycles. The summed E-state index contributed by atoms with van der Waals surface area (Å²) in [5.74, 6) is 1.73. The van der Waals surface area contributed by atoms with Gasteiger partial charge in [-0.05, 0) is 76.9 Å². The third kappa shape index (κ3) is 7.00. The molecular formula is C65H39N7. The molecule has 0 saturated heterocycles. The lowest BCUT2D eigenvalue weighted by Gasteiger charge is -2.20. The molecule has 0 aliphatic rings. The van der Waals surface area contributed by atoms with Gasteiger partial charge in [0.05, 0.1) is 51.6 Å². The first-order valence-electron chi connectivity index (χ1n) is 23.8. The van der Waals surface area contributed by atoms with Gasteiger partial charge < -0.3 is 9.13 Å². The molecule has 0 aliphatic carbocycles. The van der Waals surface area contributed by atoms with Crippen molar-refractivity contribution in [3.8, 4) is 85.0 Å². The summed E-state index contributed by atoms with van der Waals surface area (Å²) in [6.45, 7) is 7.92. The maximum Gasteiger partial charge on any atom is 0.194 e. The molecule has 10 aromatic carbocycles. The van der Waals surface area contributed by atoms with Crippen molar-refractivity contribution in [3.05, 3.63) is 254 Å². The summed E-state index contributed by atoms with van der Waals surface area (Å²) in [7, 11) is 0. The van der Waals surface area contributed by atoms with Gasteiger partial charge in [-0.2, -0.15) is 5.26 Å². The second-order valence-electron chi connectivity index (χ2n) is 17.7. The highest BCUT2D eigenvalue weighted by Crippen LogP contribution is 2.44. The smallest absolute Gasteiger partial charge is 0.194 e. The summed E-state index contributed by atoms with van der Waals surface area (Å²) < 4.78 is 4.74. The second-order valence-corrected chi connectivity index (χ2v) is 17.7. The van der Waals surface area contributed by atoms with Gasteiger partial charge >= 0.3 is 0 Å². The fourth-order valence-electron chi connectivity index (χ4n) is 10.4. The standard InChI is InChI=1S/C65H39N7/c1-67-56-28-14-10-24-49(56)45-34-37-60-55(39-45)51-26-12-16-30-58(51)71(60)57-29-15-11-25-50(57)53-35-32-46(65-69-63(42-18-4-2-5-19-42)68-64(70-65)43-20-6-3-7-21-43)40-62(53)72-59-31-17-13-27-52(59)54-38-44(33-36-61(54)72)48-23-9-8-22-47(48)41-66/h2-40H. The normalized spacial score (nSPS) is 11.3. The Labute approximate surface area is 415 Å². The average molecular weight is 918 g/mol. The Hall–Kier alpha value is -10.2. The van der Waals surface area contributed by atoms with E-state index in [1.165, 1.54) is 0 Å². The summed E-state index contributed by atoms with van der Waals surface area (Å²) in [6, 6.07) is 83.5. The van der Waals surface area contributed by atoms with Crippen LogP contribution in [0.2, 0.25) is 0 Å². The van der Waals surface area contributed by atoms with Gasteiger partial charge in [-0.3, -0.25) is 0 Å². The minimum atomic E-state index is 0.554. The molecule has 7 heteroatoms. The van der Waals surface area contributed by atoms with Gasteiger partial charge in [0.15, 0.2) is 23.2 Å². The average Bonchev–Trinajstić information content (AvgIpc) is 3.97. The van der Waals surface area contributed by atoms with Gasteiger partial charge in [0.25, 0.3) is 0 Å². The second kappa shape index (κ2) is 17.4. The molecule has 0 bridgehead atoms. The third-order valence-corrected chi connectivity index (χ3v) is 13.7. The quantitative estimate of drug-likeness (QED) is 0.142. The monoisotopic (exact) mass is 917 g/mol. The van der Waals surface area contributed by atoms with Crippen molar-refractivity contribution in [2.45, 2.75) is 0 Å². The zero-order valence-corrected chi connectivity index (χ0v) is 38.6. The molecule has 0 spiro atoms. The van der Waals surface area contributed by atoms with Gasteiger partial charge in [-0.1, -0.05) is 182 Å². The minimum Gasteiger partial charge on any atom is -0.309 e. The van der Waals surface area contributed by atoms with Crippen LogP contribution in [0.25, 0.3) is 127 Å². The van der Waals surface area contributed by atoms with Crippen LogP contribution in [0.5, 0.6) is 0 Å². The van der Waals surface area contributed by atoms with Crippen LogP contribution < -0.4 is 0 Å². The number of hydrogen-bond donors (Lipinski definition) is 0. The minimum absolute atomic E-state index is 0.554. The van der Waals surface area contributed by atoms with Crippen LogP contribution >= 0.6 is 0 Å². The van der Waals surface area contributed by atoms with Crippen molar-refractivity contribution in [3.63, 3.8) is 0 Å². The molecule has 0 amide bonds. The predicted octanol–water partition coefficient (Wildman–Crippen LogP) is 16.5. The van der Waals surface area contributed by atoms with E-state index in [1.54, 1.807) is 0 Å². The Kier molecular flexibility index (Phi) is 10.1. The Bertz CT molecular complexity index is 4300.